The van der Waals surface area contributed by atoms with Crippen LogP contribution in [0.5, 0.6) is 0 Å². The third-order valence-electron chi connectivity index (χ3n) is 4.00. The standard InChI is InChI=1S/C18H13F3N4O2S/c1-11-2-4-12(5-3-11)16-15(10-22)17(18(19,20)21)24-25(16)13-6-8-14(9-7-13)28(23,26)27/h2-9H,1H3,(H2,23,26,27). The van der Waals surface area contributed by atoms with Gasteiger partial charge in [-0.15, -0.1) is 0 Å². The molecule has 0 aliphatic rings. The van der Waals surface area contributed by atoms with Gasteiger partial charge in [0.15, 0.2) is 5.69 Å². The number of nitrogens with zero attached hydrogens (tertiary/aromatic N) is 3. The average Bonchev–Trinajstić information content (AvgIpc) is 3.01. The van der Waals surface area contributed by atoms with Crippen LogP contribution in [-0.2, 0) is 16.2 Å². The van der Waals surface area contributed by atoms with Crippen molar-refractivity contribution in [1.29, 1.82) is 5.26 Å². The van der Waals surface area contributed by atoms with E-state index < -0.39 is 27.5 Å². The number of aryl methyl sites for hydroxylation is 1. The third-order valence-corrected chi connectivity index (χ3v) is 4.93. The normalized spacial score (nSPS) is 12.0. The molecule has 6 nitrogen and oxygen atoms in total. The van der Waals surface area contributed by atoms with Crippen LogP contribution in [0.2, 0.25) is 0 Å². The smallest absolute Gasteiger partial charge is 0.231 e. The van der Waals surface area contributed by atoms with Crippen molar-refractivity contribution in [3.8, 4) is 23.0 Å². The van der Waals surface area contributed by atoms with Crippen molar-refractivity contribution >= 4 is 10.0 Å². The predicted molar refractivity (Wildman–Crippen MR) is 94.8 cm³/mol. The molecular weight excluding hydrogens is 393 g/mol. The molecule has 0 fully saturated rings. The molecule has 28 heavy (non-hydrogen) atoms. The Morgan fingerprint density at radius 3 is 2.11 bits per heavy atom. The lowest BCUT2D eigenvalue weighted by atomic mass is 10.0. The molecule has 0 amide bonds. The van der Waals surface area contributed by atoms with Gasteiger partial charge in [-0.25, -0.2) is 18.2 Å². The van der Waals surface area contributed by atoms with Gasteiger partial charge in [0.05, 0.1) is 16.3 Å². The molecule has 0 radical (unpaired) electrons. The van der Waals surface area contributed by atoms with Crippen molar-refractivity contribution < 1.29 is 21.6 Å². The van der Waals surface area contributed by atoms with Crippen LogP contribution in [-0.4, -0.2) is 18.2 Å². The molecule has 2 aromatic carbocycles. The Morgan fingerprint density at radius 1 is 1.07 bits per heavy atom. The van der Waals surface area contributed by atoms with E-state index in [1.165, 1.54) is 12.1 Å². The van der Waals surface area contributed by atoms with E-state index in [-0.39, 0.29) is 16.3 Å². The van der Waals surface area contributed by atoms with Gasteiger partial charge in [-0.2, -0.15) is 23.5 Å². The van der Waals surface area contributed by atoms with Crippen LogP contribution >= 0.6 is 0 Å². The zero-order valence-electron chi connectivity index (χ0n) is 14.4. The molecule has 0 saturated carbocycles. The summed E-state index contributed by atoms with van der Waals surface area (Å²) in [4.78, 5) is -0.197. The topological polar surface area (TPSA) is 102 Å². The zero-order chi connectivity index (χ0) is 20.7. The van der Waals surface area contributed by atoms with E-state index >= 15 is 0 Å². The highest BCUT2D eigenvalue weighted by atomic mass is 32.2. The van der Waals surface area contributed by atoms with Crippen LogP contribution < -0.4 is 5.14 Å². The lowest BCUT2D eigenvalue weighted by Gasteiger charge is -2.09. The molecule has 0 aliphatic carbocycles. The second-order valence-corrected chi connectivity index (χ2v) is 7.56. The molecule has 2 N–H and O–H groups in total. The lowest BCUT2D eigenvalue weighted by molar-refractivity contribution is -0.141. The summed E-state index contributed by atoms with van der Waals surface area (Å²) in [6.45, 7) is 1.82. The van der Waals surface area contributed by atoms with Gasteiger partial charge in [0.2, 0.25) is 10.0 Å². The monoisotopic (exact) mass is 406 g/mol. The Morgan fingerprint density at radius 2 is 1.64 bits per heavy atom. The van der Waals surface area contributed by atoms with E-state index in [4.69, 9.17) is 5.14 Å². The van der Waals surface area contributed by atoms with Gasteiger partial charge in [0, 0.05) is 5.56 Å². The minimum absolute atomic E-state index is 0.0434. The van der Waals surface area contributed by atoms with E-state index in [0.29, 0.717) is 5.56 Å². The van der Waals surface area contributed by atoms with Crippen LogP contribution in [0.1, 0.15) is 16.8 Å². The highest BCUT2D eigenvalue weighted by molar-refractivity contribution is 7.89. The number of sulfonamides is 1. The second-order valence-electron chi connectivity index (χ2n) is 6.00. The van der Waals surface area contributed by atoms with Crippen LogP contribution in [0, 0.1) is 18.3 Å². The van der Waals surface area contributed by atoms with Gasteiger partial charge < -0.3 is 0 Å². The molecular formula is C18H13F3N4O2S. The molecule has 3 aromatic rings. The van der Waals surface area contributed by atoms with Gasteiger partial charge in [-0.05, 0) is 31.2 Å². The fourth-order valence-electron chi connectivity index (χ4n) is 2.66. The van der Waals surface area contributed by atoms with Gasteiger partial charge in [0.25, 0.3) is 0 Å². The van der Waals surface area contributed by atoms with Crippen molar-refractivity contribution in [2.45, 2.75) is 18.0 Å². The maximum absolute atomic E-state index is 13.4. The minimum atomic E-state index is -4.84. The Kier molecular flexibility index (Phi) is 4.74. The molecule has 0 aliphatic heterocycles. The fraction of sp³-hybridized carbons (Fsp3) is 0.111. The number of hydrogen-bond acceptors (Lipinski definition) is 4. The highest BCUT2D eigenvalue weighted by Crippen LogP contribution is 2.37. The molecule has 1 heterocycles. The quantitative estimate of drug-likeness (QED) is 0.720. The van der Waals surface area contributed by atoms with Crippen molar-refractivity contribution in [2.24, 2.45) is 5.14 Å². The van der Waals surface area contributed by atoms with Gasteiger partial charge in [-0.1, -0.05) is 29.8 Å². The molecule has 0 spiro atoms. The summed E-state index contributed by atoms with van der Waals surface area (Å²) >= 11 is 0. The van der Waals surface area contributed by atoms with Gasteiger partial charge >= 0.3 is 6.18 Å². The third kappa shape index (κ3) is 3.62. The summed E-state index contributed by atoms with van der Waals surface area (Å²) in [6, 6.07) is 13.0. The zero-order valence-corrected chi connectivity index (χ0v) is 15.2. The summed E-state index contributed by atoms with van der Waals surface area (Å²) in [6.07, 6.45) is -4.84. The second kappa shape index (κ2) is 6.78. The Hall–Kier alpha value is -3.16. The Labute approximate surface area is 158 Å². The van der Waals surface area contributed by atoms with E-state index in [2.05, 4.69) is 5.10 Å². The molecule has 0 saturated heterocycles. The first-order chi connectivity index (χ1) is 13.0. The van der Waals surface area contributed by atoms with Crippen LogP contribution in [0.3, 0.4) is 0 Å². The summed E-state index contributed by atoms with van der Waals surface area (Å²) in [5.41, 5.74) is -0.580. The maximum atomic E-state index is 13.4. The molecule has 0 atom stereocenters. The number of rotatable bonds is 3. The number of nitrogens with two attached hydrogens (primary N) is 1. The largest absolute Gasteiger partial charge is 0.436 e. The SMILES string of the molecule is Cc1ccc(-c2c(C#N)c(C(F)(F)F)nn2-c2ccc(S(N)(=O)=O)cc2)cc1. The van der Waals surface area contributed by atoms with Gasteiger partial charge in [-0.3, -0.25) is 0 Å². The number of nitriles is 1. The van der Waals surface area contributed by atoms with Crippen molar-refractivity contribution in [3.05, 3.63) is 65.4 Å². The number of alkyl halides is 3. The fourth-order valence-corrected chi connectivity index (χ4v) is 3.18. The summed E-state index contributed by atoms with van der Waals surface area (Å²) < 4.78 is 64.0. The van der Waals surface area contributed by atoms with E-state index in [1.54, 1.807) is 30.3 Å². The minimum Gasteiger partial charge on any atom is -0.231 e. The summed E-state index contributed by atoms with van der Waals surface area (Å²) in [5, 5.41) is 18.0. The van der Waals surface area contributed by atoms with Crippen molar-refractivity contribution in [2.75, 3.05) is 0 Å². The number of hydrogen-bond donors (Lipinski definition) is 1. The van der Waals surface area contributed by atoms with Crippen molar-refractivity contribution in [1.82, 2.24) is 9.78 Å². The highest BCUT2D eigenvalue weighted by Gasteiger charge is 2.40. The van der Waals surface area contributed by atoms with E-state index in [0.717, 1.165) is 22.4 Å². The summed E-state index contributed by atoms with van der Waals surface area (Å²) in [7, 11) is -3.96. The predicted octanol–water partition coefficient (Wildman–Crippen LogP) is 3.39. The van der Waals surface area contributed by atoms with Crippen LogP contribution in [0.15, 0.2) is 53.4 Å². The maximum Gasteiger partial charge on any atom is 0.436 e. The first kappa shape index (κ1) is 19.6. The van der Waals surface area contributed by atoms with E-state index in [9.17, 15) is 26.9 Å². The number of benzene rings is 2. The molecule has 10 heteroatoms. The van der Waals surface area contributed by atoms with Gasteiger partial charge in [0.1, 0.15) is 11.6 Å². The lowest BCUT2D eigenvalue weighted by Crippen LogP contribution is -2.12. The number of halogens is 3. The molecule has 0 bridgehead atoms. The first-order valence-electron chi connectivity index (χ1n) is 7.83. The Bertz CT molecular complexity index is 1170. The molecule has 144 valence electrons. The first-order valence-corrected chi connectivity index (χ1v) is 9.37. The van der Waals surface area contributed by atoms with Crippen LogP contribution in [0.25, 0.3) is 16.9 Å². The molecule has 0 unspecified atom stereocenters. The molecule has 1 aromatic heterocycles. The number of primary sulfonamides is 1. The van der Waals surface area contributed by atoms with Crippen LogP contribution in [0.4, 0.5) is 13.2 Å². The summed E-state index contributed by atoms with van der Waals surface area (Å²) in [5.74, 6) is 0. The average molecular weight is 406 g/mol. The van der Waals surface area contributed by atoms with E-state index in [1.807, 2.05) is 6.92 Å². The number of aromatic nitrogens is 2. The Balaban J connectivity index is 2.30. The molecule has 3 rings (SSSR count). The van der Waals surface area contributed by atoms with Crippen molar-refractivity contribution in [3.63, 3.8) is 0 Å².